The lowest BCUT2D eigenvalue weighted by molar-refractivity contribution is 0.102. The molecule has 0 aromatic heterocycles. The highest BCUT2D eigenvalue weighted by Crippen LogP contribution is 2.54. The number of benzene rings is 2. The molecule has 0 radical (unpaired) electrons. The molecule has 1 saturated heterocycles. The van der Waals surface area contributed by atoms with E-state index in [1.165, 1.54) is 38.0 Å². The number of carbonyl (C=O) groups excluding carboxylic acids is 1. The van der Waals surface area contributed by atoms with E-state index in [0.717, 1.165) is 25.9 Å². The van der Waals surface area contributed by atoms with Gasteiger partial charge in [0.15, 0.2) is 11.1 Å². The fourth-order valence-electron chi connectivity index (χ4n) is 4.19. The molecule has 2 atom stereocenters. The highest BCUT2D eigenvalue weighted by atomic mass is 32.2. The lowest BCUT2D eigenvalue weighted by atomic mass is 9.93. The van der Waals surface area contributed by atoms with E-state index in [9.17, 15) is 27.1 Å². The van der Waals surface area contributed by atoms with Gasteiger partial charge in [-0.1, -0.05) is 6.07 Å². The number of aliphatic hydroxyl groups is 1. The smallest absolute Gasteiger partial charge is 0.257 e. The maximum absolute atomic E-state index is 13.2. The van der Waals surface area contributed by atoms with E-state index in [0.29, 0.717) is 28.0 Å². The first-order valence-electron chi connectivity index (χ1n) is 11.2. The molecule has 4 N–H and O–H groups in total. The minimum atomic E-state index is -3.79. The summed E-state index contributed by atoms with van der Waals surface area (Å²) in [4.78, 5) is 15.5. The number of anilines is 3. The number of carbonyl (C=O) groups is 1. The zero-order valence-electron chi connectivity index (χ0n) is 18.9. The van der Waals surface area contributed by atoms with Gasteiger partial charge in [0.1, 0.15) is 5.25 Å². The summed E-state index contributed by atoms with van der Waals surface area (Å²) in [5.41, 5.74) is 2.12. The van der Waals surface area contributed by atoms with Crippen LogP contribution in [0, 0.1) is 5.41 Å². The molecule has 2 aromatic rings. The highest BCUT2D eigenvalue weighted by Gasteiger charge is 2.44. The second-order valence-corrected chi connectivity index (χ2v) is 12.2. The number of amides is 1. The normalized spacial score (nSPS) is 18.9. The third-order valence-corrected chi connectivity index (χ3v) is 9.09. The molecule has 2 aromatic carbocycles. The predicted molar refractivity (Wildman–Crippen MR) is 132 cm³/mol. The zero-order chi connectivity index (χ0) is 24.5. The van der Waals surface area contributed by atoms with Crippen LogP contribution < -0.4 is 14.9 Å². The number of nitrogens with one attached hydrogen (secondary N) is 2. The average molecular weight is 508 g/mol. The molecule has 11 heteroatoms. The average Bonchev–Trinajstić information content (AvgIpc) is 3.57. The van der Waals surface area contributed by atoms with Crippen molar-refractivity contribution in [3.63, 3.8) is 0 Å². The summed E-state index contributed by atoms with van der Waals surface area (Å²) in [5.74, 6) is -0.402. The molecule has 1 amide bonds. The van der Waals surface area contributed by atoms with E-state index < -0.39 is 38.9 Å². The van der Waals surface area contributed by atoms with Crippen molar-refractivity contribution < 1.29 is 27.1 Å². The largest absolute Gasteiger partial charge is 0.395 e. The summed E-state index contributed by atoms with van der Waals surface area (Å²) in [6, 6.07) is 10.9. The molecule has 0 bridgehead atoms. The van der Waals surface area contributed by atoms with Crippen LogP contribution in [0.3, 0.4) is 0 Å². The summed E-state index contributed by atoms with van der Waals surface area (Å²) in [6.45, 7) is 2.44. The van der Waals surface area contributed by atoms with Gasteiger partial charge >= 0.3 is 0 Å². The van der Waals surface area contributed by atoms with Crippen molar-refractivity contribution in [2.75, 3.05) is 34.6 Å². The molecule has 4 rings (SSSR count). The summed E-state index contributed by atoms with van der Waals surface area (Å²) >= 11 is -2.17. The van der Waals surface area contributed by atoms with Gasteiger partial charge in [0.2, 0.25) is 10.0 Å². The van der Waals surface area contributed by atoms with Gasteiger partial charge in [-0.05, 0) is 74.4 Å². The minimum absolute atomic E-state index is 0.173. The lowest BCUT2D eigenvalue weighted by Crippen LogP contribution is -2.36. The van der Waals surface area contributed by atoms with E-state index in [1.54, 1.807) is 24.3 Å². The molecule has 1 unspecified atom stereocenters. The topological polar surface area (TPSA) is 136 Å². The maximum atomic E-state index is 13.2. The number of hydrogen-bond acceptors (Lipinski definition) is 6. The third-order valence-electron chi connectivity index (χ3n) is 6.70. The zero-order valence-corrected chi connectivity index (χ0v) is 20.5. The van der Waals surface area contributed by atoms with E-state index in [1.807, 2.05) is 0 Å². The van der Waals surface area contributed by atoms with Gasteiger partial charge in [-0.3, -0.25) is 9.52 Å². The van der Waals surface area contributed by atoms with Crippen LogP contribution in [-0.4, -0.2) is 53.1 Å². The maximum Gasteiger partial charge on any atom is 0.257 e. The molecule has 1 aliphatic carbocycles. The second kappa shape index (κ2) is 9.65. The molecule has 1 aliphatic heterocycles. The minimum Gasteiger partial charge on any atom is -0.395 e. The Balaban J connectivity index is 1.63. The molecular weight excluding hydrogens is 478 g/mol. The van der Waals surface area contributed by atoms with Gasteiger partial charge in [0.25, 0.3) is 5.91 Å². The SMILES string of the molecule is C[C@@H](CO)S(=O)(=O)Nc1ccc(C(=O)Nc2cccc(S(=O)O)c2)c(N2CCC3(CC2)CC3)c1. The van der Waals surface area contributed by atoms with Crippen LogP contribution in [0.2, 0.25) is 0 Å². The summed E-state index contributed by atoms with van der Waals surface area (Å²) in [6.07, 6.45) is 4.51. The Hall–Kier alpha value is -2.47. The Morgan fingerprint density at radius 2 is 1.82 bits per heavy atom. The number of hydrogen-bond donors (Lipinski definition) is 4. The molecule has 1 heterocycles. The molecule has 2 fully saturated rings. The van der Waals surface area contributed by atoms with Crippen molar-refractivity contribution in [2.24, 2.45) is 5.41 Å². The van der Waals surface area contributed by atoms with Crippen LogP contribution in [0.1, 0.15) is 43.0 Å². The van der Waals surface area contributed by atoms with Crippen molar-refractivity contribution in [1.29, 1.82) is 0 Å². The third kappa shape index (κ3) is 5.43. The molecular formula is C23H29N3O6S2. The van der Waals surface area contributed by atoms with Crippen molar-refractivity contribution in [1.82, 2.24) is 0 Å². The van der Waals surface area contributed by atoms with Crippen molar-refractivity contribution in [3.05, 3.63) is 48.0 Å². The summed E-state index contributed by atoms with van der Waals surface area (Å²) in [7, 11) is -3.79. The molecule has 1 spiro atoms. The second-order valence-electron chi connectivity index (χ2n) is 9.09. The Labute approximate surface area is 201 Å². The van der Waals surface area contributed by atoms with Crippen LogP contribution >= 0.6 is 0 Å². The Morgan fingerprint density at radius 3 is 2.44 bits per heavy atom. The molecule has 1 saturated carbocycles. The molecule has 184 valence electrons. The molecule has 2 aliphatic rings. The van der Waals surface area contributed by atoms with E-state index >= 15 is 0 Å². The number of piperidine rings is 1. The number of nitrogens with zero attached hydrogens (tertiary/aromatic N) is 1. The standard InChI is InChI=1S/C23H29N3O6S2/c1-16(15-27)34(31,32)25-18-5-6-20(21(14-18)26-11-9-23(7-8-23)10-12-26)22(28)24-17-3-2-4-19(13-17)33(29)30/h2-6,13-14,16,25,27H,7-12,15H2,1H3,(H,24,28)(H,29,30)/t16-/m0/s1. The first-order chi connectivity index (χ1) is 16.1. The first kappa shape index (κ1) is 24.6. The van der Waals surface area contributed by atoms with Crippen LogP contribution in [0.15, 0.2) is 47.4 Å². The van der Waals surface area contributed by atoms with Gasteiger partial charge in [-0.25, -0.2) is 12.6 Å². The monoisotopic (exact) mass is 507 g/mol. The van der Waals surface area contributed by atoms with Crippen molar-refractivity contribution >= 4 is 44.1 Å². The van der Waals surface area contributed by atoms with Gasteiger partial charge in [0, 0.05) is 18.8 Å². The van der Waals surface area contributed by atoms with E-state index in [4.69, 9.17) is 0 Å². The van der Waals surface area contributed by atoms with E-state index in [2.05, 4.69) is 14.9 Å². The Kier molecular flexibility index (Phi) is 6.99. The first-order valence-corrected chi connectivity index (χ1v) is 13.8. The van der Waals surface area contributed by atoms with Crippen LogP contribution in [0.5, 0.6) is 0 Å². The molecule has 34 heavy (non-hydrogen) atoms. The fourth-order valence-corrected chi connectivity index (χ4v) is 5.47. The molecule has 9 nitrogen and oxygen atoms in total. The summed E-state index contributed by atoms with van der Waals surface area (Å²) < 4.78 is 48.1. The van der Waals surface area contributed by atoms with Gasteiger partial charge in [-0.15, -0.1) is 0 Å². The number of rotatable bonds is 8. The van der Waals surface area contributed by atoms with Crippen LogP contribution in [0.25, 0.3) is 0 Å². The highest BCUT2D eigenvalue weighted by molar-refractivity contribution is 7.93. The van der Waals surface area contributed by atoms with E-state index in [-0.39, 0.29) is 4.90 Å². The predicted octanol–water partition coefficient (Wildman–Crippen LogP) is 3.02. The Bertz CT molecular complexity index is 1200. The van der Waals surface area contributed by atoms with Gasteiger partial charge < -0.3 is 19.9 Å². The lowest BCUT2D eigenvalue weighted by Gasteiger charge is -2.35. The van der Waals surface area contributed by atoms with Gasteiger partial charge in [0.05, 0.1) is 28.4 Å². The van der Waals surface area contributed by atoms with Crippen molar-refractivity contribution in [3.8, 4) is 0 Å². The van der Waals surface area contributed by atoms with Crippen LogP contribution in [0.4, 0.5) is 17.1 Å². The fraction of sp³-hybridized carbons (Fsp3) is 0.435. The quantitative estimate of drug-likeness (QED) is 0.403. The number of aliphatic hydroxyl groups excluding tert-OH is 1. The summed E-state index contributed by atoms with van der Waals surface area (Å²) in [5, 5.41) is 11.1. The Morgan fingerprint density at radius 1 is 1.12 bits per heavy atom. The van der Waals surface area contributed by atoms with Crippen LogP contribution in [-0.2, 0) is 21.1 Å². The van der Waals surface area contributed by atoms with Crippen molar-refractivity contribution in [2.45, 2.75) is 42.8 Å². The number of sulfonamides is 1. The van der Waals surface area contributed by atoms with Gasteiger partial charge in [-0.2, -0.15) is 0 Å².